The highest BCUT2D eigenvalue weighted by atomic mass is 35.5. The van der Waals surface area contributed by atoms with Gasteiger partial charge in [0.15, 0.2) is 0 Å². The Bertz CT molecular complexity index is 679. The summed E-state index contributed by atoms with van der Waals surface area (Å²) >= 11 is 11.8. The molecule has 0 unspecified atom stereocenters. The Morgan fingerprint density at radius 2 is 1.76 bits per heavy atom. The number of rotatable bonds is 3. The molecular formula is C24H36Cl2O3. The van der Waals surface area contributed by atoms with Gasteiger partial charge in [0, 0.05) is 11.8 Å². The average molecular weight is 443 g/mol. The molecule has 0 saturated heterocycles. The van der Waals surface area contributed by atoms with Crippen LogP contribution >= 0.6 is 23.2 Å². The molecule has 0 spiro atoms. The maximum absolute atomic E-state index is 12.5. The molecule has 4 fully saturated rings. The number of Topliss-reactive ketones (excluding diaryl/α,β-unsaturated/α-hetero) is 1. The van der Waals surface area contributed by atoms with Gasteiger partial charge in [0.25, 0.3) is 0 Å². The van der Waals surface area contributed by atoms with Gasteiger partial charge in [-0.1, -0.05) is 56.8 Å². The molecule has 0 aromatic rings. The van der Waals surface area contributed by atoms with Crippen LogP contribution in [0.1, 0.15) is 79.1 Å². The van der Waals surface area contributed by atoms with Crippen LogP contribution in [0.15, 0.2) is 0 Å². The molecule has 4 aliphatic rings. The molecule has 0 aromatic heterocycles. The zero-order valence-corrected chi connectivity index (χ0v) is 19.8. The number of alkyl halides is 2. The lowest BCUT2D eigenvalue weighted by Gasteiger charge is -2.63. The molecule has 3 nitrogen and oxygen atoms in total. The van der Waals surface area contributed by atoms with Crippen molar-refractivity contribution in [2.75, 3.05) is 0 Å². The largest absolute Gasteiger partial charge is 0.460 e. The van der Waals surface area contributed by atoms with Crippen molar-refractivity contribution >= 4 is 35.0 Å². The van der Waals surface area contributed by atoms with Crippen molar-refractivity contribution < 1.29 is 14.3 Å². The number of hydrogen-bond acceptors (Lipinski definition) is 3. The maximum Gasteiger partial charge on any atom is 0.339 e. The Balaban J connectivity index is 1.75. The Morgan fingerprint density at radius 3 is 2.41 bits per heavy atom. The molecule has 9 atom stereocenters. The Kier molecular flexibility index (Phi) is 5.82. The fourth-order valence-electron chi connectivity index (χ4n) is 8.88. The maximum atomic E-state index is 12.5. The number of fused-ring (bicyclic) bond motifs is 5. The van der Waals surface area contributed by atoms with E-state index in [2.05, 4.69) is 20.8 Å². The van der Waals surface area contributed by atoms with Gasteiger partial charge >= 0.3 is 5.97 Å². The van der Waals surface area contributed by atoms with Crippen LogP contribution in [0.2, 0.25) is 0 Å². The molecule has 5 heteroatoms. The summed E-state index contributed by atoms with van der Waals surface area (Å²) in [6.45, 7) is 8.92. The first-order valence-electron chi connectivity index (χ1n) is 11.6. The lowest BCUT2D eigenvalue weighted by molar-refractivity contribution is -0.201. The SMILES string of the molecule is CC(=O)[C@H]1CC[C@H]2[C@@H]3C[C@@H](C)[C@H]4CCCC[C@]4(C)[C@H]3[C@@H](OC(=O)C(Cl)Cl)C[C@]12C. The summed E-state index contributed by atoms with van der Waals surface area (Å²) in [6.07, 6.45) is 8.94. The van der Waals surface area contributed by atoms with Gasteiger partial charge in [0.05, 0.1) is 0 Å². The normalized spacial score (nSPS) is 49.1. The Labute approximate surface area is 185 Å². The van der Waals surface area contributed by atoms with E-state index in [1.807, 2.05) is 0 Å². The van der Waals surface area contributed by atoms with Gasteiger partial charge in [0.1, 0.15) is 11.9 Å². The van der Waals surface area contributed by atoms with E-state index in [9.17, 15) is 9.59 Å². The highest BCUT2D eigenvalue weighted by molar-refractivity contribution is 6.52. The monoisotopic (exact) mass is 442 g/mol. The van der Waals surface area contributed by atoms with Crippen LogP contribution in [0.25, 0.3) is 0 Å². The molecule has 4 rings (SSSR count). The Hall–Kier alpha value is -0.280. The predicted octanol–water partition coefficient (Wildman–Crippen LogP) is 6.20. The van der Waals surface area contributed by atoms with E-state index in [1.54, 1.807) is 6.92 Å². The van der Waals surface area contributed by atoms with E-state index in [0.717, 1.165) is 19.3 Å². The molecule has 0 aliphatic heterocycles. The van der Waals surface area contributed by atoms with Crippen LogP contribution in [0, 0.1) is 46.3 Å². The van der Waals surface area contributed by atoms with Crippen LogP contribution < -0.4 is 0 Å². The number of halogens is 2. The van der Waals surface area contributed by atoms with Crippen LogP contribution in [-0.4, -0.2) is 22.7 Å². The van der Waals surface area contributed by atoms with Gasteiger partial charge in [-0.05, 0) is 80.0 Å². The minimum atomic E-state index is -1.15. The van der Waals surface area contributed by atoms with Crippen molar-refractivity contribution in [3.05, 3.63) is 0 Å². The number of carbonyl (C=O) groups is 2. The minimum absolute atomic E-state index is 0.0737. The lowest BCUT2D eigenvalue weighted by Crippen LogP contribution is -2.61. The van der Waals surface area contributed by atoms with Crippen LogP contribution in [-0.2, 0) is 14.3 Å². The van der Waals surface area contributed by atoms with Gasteiger partial charge in [-0.2, -0.15) is 0 Å². The molecule has 4 aliphatic carbocycles. The topological polar surface area (TPSA) is 43.4 Å². The molecule has 0 N–H and O–H groups in total. The van der Waals surface area contributed by atoms with Gasteiger partial charge in [-0.3, -0.25) is 4.79 Å². The van der Waals surface area contributed by atoms with E-state index in [1.165, 1.54) is 32.1 Å². The summed E-state index contributed by atoms with van der Waals surface area (Å²) in [7, 11) is 0. The van der Waals surface area contributed by atoms with Crippen molar-refractivity contribution in [2.24, 2.45) is 46.3 Å². The second kappa shape index (κ2) is 7.69. The molecule has 0 aromatic carbocycles. The van der Waals surface area contributed by atoms with Crippen molar-refractivity contribution in [2.45, 2.75) is 90.0 Å². The van der Waals surface area contributed by atoms with Crippen molar-refractivity contribution in [3.63, 3.8) is 0 Å². The van der Waals surface area contributed by atoms with E-state index in [0.29, 0.717) is 29.6 Å². The van der Waals surface area contributed by atoms with Crippen molar-refractivity contribution in [3.8, 4) is 0 Å². The Morgan fingerprint density at radius 1 is 1.03 bits per heavy atom. The van der Waals surface area contributed by atoms with E-state index in [-0.39, 0.29) is 28.6 Å². The fourth-order valence-corrected chi connectivity index (χ4v) is 8.99. The summed E-state index contributed by atoms with van der Waals surface area (Å²) < 4.78 is 6.06. The highest BCUT2D eigenvalue weighted by Crippen LogP contribution is 2.68. The second-order valence-corrected chi connectivity index (χ2v) is 12.2. The summed E-state index contributed by atoms with van der Waals surface area (Å²) in [6, 6.07) is 0. The smallest absolute Gasteiger partial charge is 0.339 e. The first kappa shape index (κ1) is 21.9. The van der Waals surface area contributed by atoms with Crippen LogP contribution in [0.5, 0.6) is 0 Å². The van der Waals surface area contributed by atoms with Gasteiger partial charge in [-0.25, -0.2) is 4.79 Å². The number of hydrogen-bond donors (Lipinski definition) is 0. The quantitative estimate of drug-likeness (QED) is 0.386. The molecular weight excluding hydrogens is 407 g/mol. The van der Waals surface area contributed by atoms with Crippen LogP contribution in [0.4, 0.5) is 0 Å². The summed E-state index contributed by atoms with van der Waals surface area (Å²) in [5.74, 6) is 2.62. The fraction of sp³-hybridized carbons (Fsp3) is 0.917. The molecule has 4 saturated carbocycles. The van der Waals surface area contributed by atoms with E-state index < -0.39 is 10.8 Å². The number of ketones is 1. The number of ether oxygens (including phenoxy) is 1. The zero-order chi connectivity index (χ0) is 21.1. The third kappa shape index (κ3) is 3.37. The average Bonchev–Trinajstić information content (AvgIpc) is 2.98. The molecule has 0 bridgehead atoms. The summed E-state index contributed by atoms with van der Waals surface area (Å²) in [5.41, 5.74) is 0.0962. The predicted molar refractivity (Wildman–Crippen MR) is 116 cm³/mol. The lowest BCUT2D eigenvalue weighted by atomic mass is 9.42. The minimum Gasteiger partial charge on any atom is -0.460 e. The standard InChI is InChI=1S/C24H36Cl2O3/c1-13-11-15-18-9-8-17(14(2)27)24(18,4)12-19(29-22(28)21(25)26)20(15)23(3)10-6-5-7-16(13)23/h13,15-21H,5-12H2,1-4H3/t13-,15+,16-,17-,18+,19+,20-,23+,24-/m1/s1. The molecule has 0 heterocycles. The van der Waals surface area contributed by atoms with Crippen LogP contribution in [0.3, 0.4) is 0 Å². The summed E-state index contributed by atoms with van der Waals surface area (Å²) in [4.78, 5) is 23.8. The number of carbonyl (C=O) groups excluding carboxylic acids is 2. The first-order chi connectivity index (χ1) is 13.6. The van der Waals surface area contributed by atoms with Gasteiger partial charge < -0.3 is 4.74 Å². The van der Waals surface area contributed by atoms with Gasteiger partial charge in [0.2, 0.25) is 4.84 Å². The second-order valence-electron chi connectivity index (χ2n) is 11.1. The highest BCUT2D eigenvalue weighted by Gasteiger charge is 2.65. The first-order valence-corrected chi connectivity index (χ1v) is 12.5. The molecule has 0 amide bonds. The van der Waals surface area contributed by atoms with Gasteiger partial charge in [-0.15, -0.1) is 0 Å². The molecule has 29 heavy (non-hydrogen) atoms. The third-order valence-corrected chi connectivity index (χ3v) is 10.1. The molecule has 0 radical (unpaired) electrons. The molecule has 164 valence electrons. The third-order valence-electron chi connectivity index (χ3n) is 9.79. The summed E-state index contributed by atoms with van der Waals surface area (Å²) in [5, 5.41) is 0. The van der Waals surface area contributed by atoms with Crippen molar-refractivity contribution in [1.82, 2.24) is 0 Å². The zero-order valence-electron chi connectivity index (χ0n) is 18.3. The van der Waals surface area contributed by atoms with E-state index in [4.69, 9.17) is 27.9 Å². The van der Waals surface area contributed by atoms with Crippen molar-refractivity contribution in [1.29, 1.82) is 0 Å². The number of esters is 1. The van der Waals surface area contributed by atoms with E-state index >= 15 is 0 Å².